The normalized spacial score (nSPS) is 22.6. The van der Waals surface area contributed by atoms with E-state index in [9.17, 15) is 15.2 Å². The van der Waals surface area contributed by atoms with Crippen LogP contribution < -0.4 is 5.32 Å². The molecule has 0 bridgehead atoms. The average molecular weight is 319 g/mol. The number of aliphatic hydroxyl groups excluding tert-OH is 1. The van der Waals surface area contributed by atoms with Crippen LogP contribution in [0.25, 0.3) is 0 Å². The summed E-state index contributed by atoms with van der Waals surface area (Å²) in [6.45, 7) is 0.698. The van der Waals surface area contributed by atoms with E-state index in [0.717, 1.165) is 25.7 Å². The van der Waals surface area contributed by atoms with Crippen molar-refractivity contribution in [3.05, 3.63) is 32.3 Å². The zero-order chi connectivity index (χ0) is 14.7. The molecule has 110 valence electrons. The molecule has 0 heterocycles. The van der Waals surface area contributed by atoms with Crippen molar-refractivity contribution in [3.8, 4) is 0 Å². The van der Waals surface area contributed by atoms with E-state index in [1.165, 1.54) is 12.1 Å². The predicted octanol–water partition coefficient (Wildman–Crippen LogP) is 3.86. The van der Waals surface area contributed by atoms with Gasteiger partial charge in [0.25, 0.3) is 5.69 Å². The number of nitro benzene ring substituents is 1. The molecule has 0 radical (unpaired) electrons. The van der Waals surface area contributed by atoms with Crippen molar-refractivity contribution in [2.75, 3.05) is 11.9 Å². The van der Waals surface area contributed by atoms with Crippen LogP contribution in [0.15, 0.2) is 12.1 Å². The average Bonchev–Trinajstić information content (AvgIpc) is 2.39. The maximum Gasteiger partial charge on any atom is 0.272 e. The number of nitrogens with zero attached hydrogens (tertiary/aromatic N) is 1. The van der Waals surface area contributed by atoms with Crippen LogP contribution in [0.4, 0.5) is 11.4 Å². The first-order valence-corrected chi connectivity index (χ1v) is 7.28. The minimum atomic E-state index is -0.524. The first kappa shape index (κ1) is 15.4. The van der Waals surface area contributed by atoms with Gasteiger partial charge in [-0.05, 0) is 31.6 Å². The van der Waals surface area contributed by atoms with E-state index in [1.807, 2.05) is 0 Å². The van der Waals surface area contributed by atoms with Gasteiger partial charge in [-0.15, -0.1) is 0 Å². The molecule has 2 N–H and O–H groups in total. The van der Waals surface area contributed by atoms with Crippen LogP contribution in [0.3, 0.4) is 0 Å². The summed E-state index contributed by atoms with van der Waals surface area (Å²) in [5.74, 6) is 0.459. The van der Waals surface area contributed by atoms with E-state index >= 15 is 0 Å². The highest BCUT2D eigenvalue weighted by molar-refractivity contribution is 6.39. The van der Waals surface area contributed by atoms with Gasteiger partial charge in [-0.2, -0.15) is 0 Å². The summed E-state index contributed by atoms with van der Waals surface area (Å²) in [5, 5.41) is 23.8. The summed E-state index contributed by atoms with van der Waals surface area (Å²) in [6, 6.07) is 2.58. The molecule has 0 amide bonds. The Morgan fingerprint density at radius 3 is 2.30 bits per heavy atom. The second kappa shape index (κ2) is 6.61. The molecule has 0 unspecified atom stereocenters. The maximum atomic E-state index is 10.7. The maximum absolute atomic E-state index is 10.7. The highest BCUT2D eigenvalue weighted by Crippen LogP contribution is 2.35. The molecule has 1 aromatic rings. The van der Waals surface area contributed by atoms with Gasteiger partial charge in [-0.25, -0.2) is 0 Å². The van der Waals surface area contributed by atoms with Crippen molar-refractivity contribution in [1.29, 1.82) is 0 Å². The summed E-state index contributed by atoms with van der Waals surface area (Å²) >= 11 is 12.1. The van der Waals surface area contributed by atoms with Crippen LogP contribution in [0.1, 0.15) is 25.7 Å². The van der Waals surface area contributed by atoms with Crippen molar-refractivity contribution in [1.82, 2.24) is 0 Å². The lowest BCUT2D eigenvalue weighted by Gasteiger charge is -2.26. The topological polar surface area (TPSA) is 75.4 Å². The molecule has 1 aromatic carbocycles. The number of hydrogen-bond donors (Lipinski definition) is 2. The molecule has 1 fully saturated rings. The van der Waals surface area contributed by atoms with Gasteiger partial charge in [0.2, 0.25) is 0 Å². The van der Waals surface area contributed by atoms with Crippen LogP contribution in [0.2, 0.25) is 10.0 Å². The van der Waals surface area contributed by atoms with E-state index in [0.29, 0.717) is 18.2 Å². The van der Waals surface area contributed by atoms with E-state index in [-0.39, 0.29) is 21.8 Å². The van der Waals surface area contributed by atoms with Crippen LogP contribution in [0.5, 0.6) is 0 Å². The Labute approximate surface area is 127 Å². The molecule has 5 nitrogen and oxygen atoms in total. The van der Waals surface area contributed by atoms with Gasteiger partial charge in [0, 0.05) is 18.7 Å². The Balaban J connectivity index is 2.01. The molecule has 7 heteroatoms. The van der Waals surface area contributed by atoms with Crippen molar-refractivity contribution in [2.45, 2.75) is 31.8 Å². The summed E-state index contributed by atoms with van der Waals surface area (Å²) in [6.07, 6.45) is 3.35. The van der Waals surface area contributed by atoms with Gasteiger partial charge in [0.05, 0.1) is 26.8 Å². The van der Waals surface area contributed by atoms with Gasteiger partial charge in [-0.3, -0.25) is 10.1 Å². The summed E-state index contributed by atoms with van der Waals surface area (Å²) in [5.41, 5.74) is 0.413. The Morgan fingerprint density at radius 1 is 1.25 bits per heavy atom. The molecule has 0 saturated heterocycles. The fourth-order valence-corrected chi connectivity index (χ4v) is 3.04. The minimum absolute atomic E-state index is 0.119. The number of aliphatic hydroxyl groups is 1. The quantitative estimate of drug-likeness (QED) is 0.652. The third kappa shape index (κ3) is 3.75. The lowest BCUT2D eigenvalue weighted by Crippen LogP contribution is -2.23. The summed E-state index contributed by atoms with van der Waals surface area (Å²) in [4.78, 5) is 10.2. The van der Waals surface area contributed by atoms with Crippen molar-refractivity contribution in [2.24, 2.45) is 5.92 Å². The fourth-order valence-electron chi connectivity index (χ4n) is 2.43. The number of halogens is 2. The van der Waals surface area contributed by atoms with E-state index in [4.69, 9.17) is 23.2 Å². The molecule has 2 rings (SSSR count). The van der Waals surface area contributed by atoms with Gasteiger partial charge >= 0.3 is 0 Å². The number of hydrogen-bond acceptors (Lipinski definition) is 4. The minimum Gasteiger partial charge on any atom is -0.393 e. The summed E-state index contributed by atoms with van der Waals surface area (Å²) < 4.78 is 0. The van der Waals surface area contributed by atoms with Crippen molar-refractivity contribution >= 4 is 34.6 Å². The number of anilines is 1. The zero-order valence-electron chi connectivity index (χ0n) is 10.8. The molecule has 20 heavy (non-hydrogen) atoms. The van der Waals surface area contributed by atoms with Crippen molar-refractivity contribution < 1.29 is 10.0 Å². The first-order valence-electron chi connectivity index (χ1n) is 6.52. The van der Waals surface area contributed by atoms with Gasteiger partial charge in [0.15, 0.2) is 0 Å². The zero-order valence-corrected chi connectivity index (χ0v) is 12.3. The predicted molar refractivity (Wildman–Crippen MR) is 79.6 cm³/mol. The molecule has 1 aliphatic rings. The van der Waals surface area contributed by atoms with Crippen LogP contribution >= 0.6 is 23.2 Å². The third-order valence-corrected chi connectivity index (χ3v) is 4.22. The van der Waals surface area contributed by atoms with Crippen LogP contribution in [-0.4, -0.2) is 22.7 Å². The second-order valence-corrected chi connectivity index (χ2v) is 5.91. The van der Waals surface area contributed by atoms with E-state index in [1.54, 1.807) is 0 Å². The number of non-ortho nitro benzene ring substituents is 1. The smallest absolute Gasteiger partial charge is 0.272 e. The number of nitro groups is 1. The van der Waals surface area contributed by atoms with Crippen LogP contribution in [0, 0.1) is 16.0 Å². The Bertz CT molecular complexity index is 479. The molecule has 1 saturated carbocycles. The SMILES string of the molecule is O=[N+]([O-])c1cc(Cl)c(NCC2CCC(O)CC2)c(Cl)c1. The highest BCUT2D eigenvalue weighted by atomic mass is 35.5. The Kier molecular flexibility index (Phi) is 5.07. The highest BCUT2D eigenvalue weighted by Gasteiger charge is 2.20. The molecule has 0 atom stereocenters. The van der Waals surface area contributed by atoms with Crippen LogP contribution in [-0.2, 0) is 0 Å². The molecule has 0 aromatic heterocycles. The van der Waals surface area contributed by atoms with Crippen molar-refractivity contribution in [3.63, 3.8) is 0 Å². The van der Waals surface area contributed by atoms with E-state index < -0.39 is 4.92 Å². The largest absolute Gasteiger partial charge is 0.393 e. The third-order valence-electron chi connectivity index (χ3n) is 3.62. The lowest BCUT2D eigenvalue weighted by atomic mass is 9.87. The van der Waals surface area contributed by atoms with Gasteiger partial charge in [0.1, 0.15) is 0 Å². The number of nitrogens with one attached hydrogen (secondary N) is 1. The Morgan fingerprint density at radius 2 is 1.80 bits per heavy atom. The molecular formula is C13H16Cl2N2O3. The molecular weight excluding hydrogens is 303 g/mol. The second-order valence-electron chi connectivity index (χ2n) is 5.10. The summed E-state index contributed by atoms with van der Waals surface area (Å²) in [7, 11) is 0. The van der Waals surface area contributed by atoms with Gasteiger partial charge < -0.3 is 10.4 Å². The molecule has 0 aliphatic heterocycles. The monoisotopic (exact) mass is 318 g/mol. The first-order chi connectivity index (χ1) is 9.47. The number of rotatable bonds is 4. The number of benzene rings is 1. The standard InChI is InChI=1S/C13H16Cl2N2O3/c14-11-5-9(17(19)20)6-12(15)13(11)16-7-8-1-3-10(18)4-2-8/h5-6,8,10,16,18H,1-4,7H2. The lowest BCUT2D eigenvalue weighted by molar-refractivity contribution is -0.384. The Hall–Kier alpha value is -1.04. The molecule has 1 aliphatic carbocycles. The van der Waals surface area contributed by atoms with Gasteiger partial charge in [-0.1, -0.05) is 23.2 Å². The molecule has 0 spiro atoms. The van der Waals surface area contributed by atoms with E-state index in [2.05, 4.69) is 5.32 Å². The fraction of sp³-hybridized carbons (Fsp3) is 0.538.